The van der Waals surface area contributed by atoms with E-state index < -0.39 is 0 Å². The summed E-state index contributed by atoms with van der Waals surface area (Å²) in [7, 11) is 0. The van der Waals surface area contributed by atoms with Gasteiger partial charge in [-0.2, -0.15) is 5.10 Å². The summed E-state index contributed by atoms with van der Waals surface area (Å²) in [6, 6.07) is 12.1. The van der Waals surface area contributed by atoms with Gasteiger partial charge >= 0.3 is 0 Å². The highest BCUT2D eigenvalue weighted by molar-refractivity contribution is 9.10. The third kappa shape index (κ3) is 4.00. The number of hydrogen-bond donors (Lipinski definition) is 0. The first-order valence-corrected chi connectivity index (χ1v) is 9.59. The maximum absolute atomic E-state index is 12.5. The van der Waals surface area contributed by atoms with Gasteiger partial charge in [-0.05, 0) is 42.7 Å². The van der Waals surface area contributed by atoms with Crippen molar-refractivity contribution in [3.8, 4) is 0 Å². The maximum Gasteiger partial charge on any atom is 0.227 e. The van der Waals surface area contributed by atoms with Gasteiger partial charge in [0.2, 0.25) is 5.91 Å². The molecule has 1 aromatic carbocycles. The second kappa shape index (κ2) is 7.12. The lowest BCUT2D eigenvalue weighted by Crippen LogP contribution is -2.49. The van der Waals surface area contributed by atoms with Crippen molar-refractivity contribution >= 4 is 27.7 Å². The molecule has 0 N–H and O–H groups in total. The standard InChI is InChI=1S/C19H21BrN4O/c20-16-5-1-14(2-6-16)13-19(25)24-11-9-23(10-12-24)18-8-7-17(21-22-18)15-3-4-15/h1-2,5-8,15H,3-4,9-13H2. The van der Waals surface area contributed by atoms with Crippen LogP contribution in [0.4, 0.5) is 5.82 Å². The molecular formula is C19H21BrN4O. The van der Waals surface area contributed by atoms with Crippen molar-refractivity contribution in [2.75, 3.05) is 31.1 Å². The Morgan fingerprint density at radius 1 is 1.00 bits per heavy atom. The van der Waals surface area contributed by atoms with Gasteiger partial charge in [-0.1, -0.05) is 28.1 Å². The smallest absolute Gasteiger partial charge is 0.227 e. The second-order valence-electron chi connectivity index (χ2n) is 6.76. The highest BCUT2D eigenvalue weighted by Gasteiger charge is 2.26. The molecule has 25 heavy (non-hydrogen) atoms. The Balaban J connectivity index is 1.31. The number of halogens is 1. The van der Waals surface area contributed by atoms with Crippen LogP contribution in [-0.4, -0.2) is 47.2 Å². The number of aromatic nitrogens is 2. The molecule has 2 heterocycles. The predicted molar refractivity (Wildman–Crippen MR) is 101 cm³/mol. The molecule has 1 saturated heterocycles. The van der Waals surface area contributed by atoms with Gasteiger partial charge in [-0.3, -0.25) is 4.79 Å². The minimum atomic E-state index is 0.192. The van der Waals surface area contributed by atoms with Crippen LogP contribution in [0, 0.1) is 0 Å². The van der Waals surface area contributed by atoms with E-state index >= 15 is 0 Å². The van der Waals surface area contributed by atoms with E-state index in [0.29, 0.717) is 12.3 Å². The minimum absolute atomic E-state index is 0.192. The fourth-order valence-electron chi connectivity index (χ4n) is 3.17. The number of carbonyl (C=O) groups is 1. The number of carbonyl (C=O) groups excluding carboxylic acids is 1. The van der Waals surface area contributed by atoms with Gasteiger partial charge in [0.15, 0.2) is 5.82 Å². The number of anilines is 1. The molecule has 6 heteroatoms. The summed E-state index contributed by atoms with van der Waals surface area (Å²) < 4.78 is 1.03. The fourth-order valence-corrected chi connectivity index (χ4v) is 3.44. The molecule has 1 aliphatic heterocycles. The van der Waals surface area contributed by atoms with E-state index in [-0.39, 0.29) is 5.91 Å². The molecule has 4 rings (SSSR count). The number of rotatable bonds is 4. The van der Waals surface area contributed by atoms with Crippen molar-refractivity contribution in [3.63, 3.8) is 0 Å². The molecule has 2 aliphatic rings. The van der Waals surface area contributed by atoms with Crippen LogP contribution in [0.25, 0.3) is 0 Å². The third-order valence-corrected chi connectivity index (χ3v) is 5.42. The summed E-state index contributed by atoms with van der Waals surface area (Å²) in [4.78, 5) is 16.7. The molecule has 1 amide bonds. The van der Waals surface area contributed by atoms with Crippen LogP contribution < -0.4 is 4.90 Å². The van der Waals surface area contributed by atoms with E-state index in [4.69, 9.17) is 0 Å². The van der Waals surface area contributed by atoms with Gasteiger partial charge in [0.05, 0.1) is 12.1 Å². The van der Waals surface area contributed by atoms with Crippen molar-refractivity contribution < 1.29 is 4.79 Å². The molecule has 0 radical (unpaired) electrons. The van der Waals surface area contributed by atoms with Gasteiger partial charge < -0.3 is 9.80 Å². The lowest BCUT2D eigenvalue weighted by atomic mass is 10.1. The van der Waals surface area contributed by atoms with Crippen LogP contribution in [-0.2, 0) is 11.2 Å². The maximum atomic E-state index is 12.5. The third-order valence-electron chi connectivity index (χ3n) is 4.89. The summed E-state index contributed by atoms with van der Waals surface area (Å²) >= 11 is 3.42. The number of piperazine rings is 1. The molecule has 2 fully saturated rings. The average Bonchev–Trinajstić information content (AvgIpc) is 3.49. The predicted octanol–water partition coefficient (Wildman–Crippen LogP) is 3.01. The van der Waals surface area contributed by atoms with E-state index in [9.17, 15) is 4.79 Å². The Kier molecular flexibility index (Phi) is 4.70. The second-order valence-corrected chi connectivity index (χ2v) is 7.68. The van der Waals surface area contributed by atoms with Gasteiger partial charge in [0, 0.05) is 36.6 Å². The first-order chi connectivity index (χ1) is 12.2. The fraction of sp³-hybridized carbons (Fsp3) is 0.421. The quantitative estimate of drug-likeness (QED) is 0.791. The Bertz CT molecular complexity index is 735. The number of hydrogen-bond acceptors (Lipinski definition) is 4. The first-order valence-electron chi connectivity index (χ1n) is 8.80. The molecule has 5 nitrogen and oxygen atoms in total. The van der Waals surface area contributed by atoms with Crippen molar-refractivity contribution in [2.45, 2.75) is 25.2 Å². The lowest BCUT2D eigenvalue weighted by Gasteiger charge is -2.35. The highest BCUT2D eigenvalue weighted by atomic mass is 79.9. The molecule has 0 bridgehead atoms. The molecule has 130 valence electrons. The molecular weight excluding hydrogens is 380 g/mol. The Morgan fingerprint density at radius 3 is 2.32 bits per heavy atom. The van der Waals surface area contributed by atoms with Crippen molar-refractivity contribution in [2.24, 2.45) is 0 Å². The molecule has 1 aromatic heterocycles. The van der Waals surface area contributed by atoms with Crippen molar-refractivity contribution in [3.05, 3.63) is 52.1 Å². The van der Waals surface area contributed by atoms with Crippen LogP contribution in [0.15, 0.2) is 40.9 Å². The first kappa shape index (κ1) is 16.5. The molecule has 1 saturated carbocycles. The van der Waals surface area contributed by atoms with E-state index in [1.807, 2.05) is 29.2 Å². The Morgan fingerprint density at radius 2 is 1.72 bits per heavy atom. The Labute approximate surface area is 156 Å². The zero-order valence-corrected chi connectivity index (χ0v) is 15.7. The zero-order valence-electron chi connectivity index (χ0n) is 14.1. The van der Waals surface area contributed by atoms with Crippen LogP contribution in [0.5, 0.6) is 0 Å². The van der Waals surface area contributed by atoms with E-state index in [1.54, 1.807) is 0 Å². The molecule has 1 aliphatic carbocycles. The molecule has 0 atom stereocenters. The monoisotopic (exact) mass is 400 g/mol. The van der Waals surface area contributed by atoms with Gasteiger partial charge in [-0.15, -0.1) is 5.10 Å². The number of nitrogens with zero attached hydrogens (tertiary/aromatic N) is 4. The van der Waals surface area contributed by atoms with Gasteiger partial charge in [0.1, 0.15) is 0 Å². The largest absolute Gasteiger partial charge is 0.352 e. The number of amides is 1. The molecule has 0 spiro atoms. The normalized spacial score (nSPS) is 17.6. The van der Waals surface area contributed by atoms with Crippen LogP contribution in [0.1, 0.15) is 30.0 Å². The van der Waals surface area contributed by atoms with Crippen LogP contribution in [0.2, 0.25) is 0 Å². The minimum Gasteiger partial charge on any atom is -0.352 e. The summed E-state index contributed by atoms with van der Waals surface area (Å²) in [6.07, 6.45) is 2.95. The van der Waals surface area contributed by atoms with E-state index in [1.165, 1.54) is 12.8 Å². The van der Waals surface area contributed by atoms with E-state index in [2.05, 4.69) is 43.2 Å². The molecule has 0 unspecified atom stereocenters. The SMILES string of the molecule is O=C(Cc1ccc(Br)cc1)N1CCN(c2ccc(C3CC3)nn2)CC1. The highest BCUT2D eigenvalue weighted by Crippen LogP contribution is 2.38. The summed E-state index contributed by atoms with van der Waals surface area (Å²) in [6.45, 7) is 3.09. The van der Waals surface area contributed by atoms with Crippen molar-refractivity contribution in [1.82, 2.24) is 15.1 Å². The topological polar surface area (TPSA) is 49.3 Å². The molecule has 2 aromatic rings. The summed E-state index contributed by atoms with van der Waals surface area (Å²) in [5.41, 5.74) is 2.17. The van der Waals surface area contributed by atoms with Crippen LogP contribution in [0.3, 0.4) is 0 Å². The number of benzene rings is 1. The van der Waals surface area contributed by atoms with E-state index in [0.717, 1.165) is 47.7 Å². The van der Waals surface area contributed by atoms with Gasteiger partial charge in [-0.25, -0.2) is 0 Å². The van der Waals surface area contributed by atoms with Crippen molar-refractivity contribution in [1.29, 1.82) is 0 Å². The average molecular weight is 401 g/mol. The summed E-state index contributed by atoms with van der Waals surface area (Å²) in [5.74, 6) is 1.75. The zero-order chi connectivity index (χ0) is 17.2. The van der Waals surface area contributed by atoms with Gasteiger partial charge in [0.25, 0.3) is 0 Å². The lowest BCUT2D eigenvalue weighted by molar-refractivity contribution is -0.130. The van der Waals surface area contributed by atoms with Crippen LogP contribution >= 0.6 is 15.9 Å². The summed E-state index contributed by atoms with van der Waals surface area (Å²) in [5, 5.41) is 8.73. The Hall–Kier alpha value is -1.95.